The molecule has 0 amide bonds. The number of hydrogen-bond donors (Lipinski definition) is 0. The first-order chi connectivity index (χ1) is 14.2. The van der Waals surface area contributed by atoms with Crippen molar-refractivity contribution in [2.45, 2.75) is 12.2 Å². The topological polar surface area (TPSA) is 61.3 Å². The van der Waals surface area contributed by atoms with E-state index in [0.29, 0.717) is 18.2 Å². The Morgan fingerprint density at radius 1 is 0.966 bits per heavy atom. The normalized spacial score (nSPS) is 19.8. The lowest BCUT2D eigenvalue weighted by molar-refractivity contribution is 0.263. The van der Waals surface area contributed by atoms with E-state index < -0.39 is 0 Å². The van der Waals surface area contributed by atoms with Crippen molar-refractivity contribution >= 4 is 11.6 Å². The molecule has 2 atom stereocenters. The largest absolute Gasteiger partial charge is 0.491 e. The van der Waals surface area contributed by atoms with Crippen molar-refractivity contribution in [1.29, 1.82) is 0 Å². The highest BCUT2D eigenvalue weighted by Crippen LogP contribution is 2.34. The first kappa shape index (κ1) is 18.5. The Bertz CT molecular complexity index is 1010. The number of hydrogen-bond acceptors (Lipinski definition) is 5. The Balaban J connectivity index is 1.32. The van der Waals surface area contributed by atoms with Crippen LogP contribution in [0.3, 0.4) is 0 Å². The molecule has 0 aliphatic carbocycles. The Labute approximate surface area is 173 Å². The fourth-order valence-electron chi connectivity index (χ4n) is 3.08. The van der Waals surface area contributed by atoms with Gasteiger partial charge in [0.2, 0.25) is 0 Å². The predicted molar refractivity (Wildman–Crippen MR) is 110 cm³/mol. The molecule has 0 radical (unpaired) electrons. The molecule has 0 spiro atoms. The lowest BCUT2D eigenvalue weighted by Gasteiger charge is -2.08. The summed E-state index contributed by atoms with van der Waals surface area (Å²) in [5.74, 6) is 1.57. The third kappa shape index (κ3) is 4.40. The van der Waals surface area contributed by atoms with Crippen LogP contribution in [-0.4, -0.2) is 48.4 Å². The molecular weight excluding hydrogens is 392 g/mol. The van der Waals surface area contributed by atoms with Crippen LogP contribution in [0, 0.1) is 0 Å². The van der Waals surface area contributed by atoms with Gasteiger partial charge >= 0.3 is 0 Å². The molecule has 29 heavy (non-hydrogen) atoms. The predicted octanol–water partition coefficient (Wildman–Crippen LogP) is 3.96. The minimum absolute atomic E-state index is 0.215. The molecule has 150 valence electrons. The van der Waals surface area contributed by atoms with Gasteiger partial charge in [-0.05, 0) is 48.5 Å². The summed E-state index contributed by atoms with van der Waals surface area (Å²) in [6, 6.07) is 15.7. The second kappa shape index (κ2) is 7.71. The van der Waals surface area contributed by atoms with Crippen LogP contribution in [0.15, 0.2) is 48.5 Å². The molecule has 2 aromatic carbocycles. The summed E-state index contributed by atoms with van der Waals surface area (Å²) in [5.41, 5.74) is 3.74. The van der Waals surface area contributed by atoms with E-state index in [4.69, 9.17) is 30.5 Å². The third-order valence-corrected chi connectivity index (χ3v) is 5.24. The number of aryl methyl sites for hydroxylation is 1. The SMILES string of the molecule is Cn1nc(-c2ccc(OCC3CO3)cc2)cc1-c1ccc(OCC2CO2)cc1Cl. The zero-order chi connectivity index (χ0) is 19.8. The summed E-state index contributed by atoms with van der Waals surface area (Å²) < 4.78 is 23.6. The molecule has 6 nitrogen and oxygen atoms in total. The average molecular weight is 413 g/mol. The van der Waals surface area contributed by atoms with E-state index in [2.05, 4.69) is 5.10 Å². The fourth-order valence-corrected chi connectivity index (χ4v) is 3.35. The molecule has 3 heterocycles. The molecule has 0 N–H and O–H groups in total. The van der Waals surface area contributed by atoms with Gasteiger partial charge < -0.3 is 18.9 Å². The molecule has 5 rings (SSSR count). The molecule has 7 heteroatoms. The number of benzene rings is 2. The molecule has 1 aromatic heterocycles. The summed E-state index contributed by atoms with van der Waals surface area (Å²) >= 11 is 6.53. The first-order valence-corrected chi connectivity index (χ1v) is 9.97. The van der Waals surface area contributed by atoms with Gasteiger partial charge in [0, 0.05) is 18.2 Å². The highest BCUT2D eigenvalue weighted by molar-refractivity contribution is 6.33. The molecule has 2 saturated heterocycles. The van der Waals surface area contributed by atoms with Gasteiger partial charge in [-0.15, -0.1) is 0 Å². The van der Waals surface area contributed by atoms with Gasteiger partial charge in [0.15, 0.2) is 0 Å². The van der Waals surface area contributed by atoms with E-state index in [1.807, 2.05) is 60.3 Å². The smallest absolute Gasteiger partial charge is 0.120 e. The maximum atomic E-state index is 6.53. The highest BCUT2D eigenvalue weighted by Gasteiger charge is 2.24. The lowest BCUT2D eigenvalue weighted by Crippen LogP contribution is -2.04. The first-order valence-electron chi connectivity index (χ1n) is 9.59. The van der Waals surface area contributed by atoms with Crippen LogP contribution in [0.4, 0.5) is 0 Å². The summed E-state index contributed by atoms with van der Waals surface area (Å²) in [6.07, 6.45) is 0.462. The van der Waals surface area contributed by atoms with E-state index in [1.165, 1.54) is 0 Å². The van der Waals surface area contributed by atoms with E-state index in [-0.39, 0.29) is 12.2 Å². The van der Waals surface area contributed by atoms with Crippen LogP contribution in [-0.2, 0) is 16.5 Å². The number of nitrogens with zero attached hydrogens (tertiary/aromatic N) is 2. The Hall–Kier alpha value is -2.54. The van der Waals surface area contributed by atoms with Crippen molar-refractivity contribution < 1.29 is 18.9 Å². The molecule has 2 unspecified atom stereocenters. The number of halogens is 1. The van der Waals surface area contributed by atoms with Crippen molar-refractivity contribution in [3.8, 4) is 34.0 Å². The van der Waals surface area contributed by atoms with Gasteiger partial charge in [0.25, 0.3) is 0 Å². The van der Waals surface area contributed by atoms with E-state index >= 15 is 0 Å². The minimum Gasteiger partial charge on any atom is -0.491 e. The molecular formula is C22H21ClN2O4. The standard InChI is InChI=1S/C22H21ClN2O4/c1-25-22(19-7-6-16(8-20(19)23)27-11-18-13-29-18)9-21(24-25)14-2-4-15(5-3-14)26-10-17-12-28-17/h2-9,17-18H,10-13H2,1H3. The van der Waals surface area contributed by atoms with E-state index in [1.54, 1.807) is 0 Å². The Morgan fingerprint density at radius 3 is 2.21 bits per heavy atom. The van der Waals surface area contributed by atoms with Gasteiger partial charge in [-0.2, -0.15) is 5.10 Å². The Kier molecular flexibility index (Phi) is 4.91. The van der Waals surface area contributed by atoms with Gasteiger partial charge in [0.1, 0.15) is 36.9 Å². The maximum Gasteiger partial charge on any atom is 0.120 e. The number of ether oxygens (including phenoxy) is 4. The summed E-state index contributed by atoms with van der Waals surface area (Å²) in [4.78, 5) is 0. The van der Waals surface area contributed by atoms with Gasteiger partial charge in [-0.25, -0.2) is 0 Å². The Morgan fingerprint density at radius 2 is 1.59 bits per heavy atom. The summed E-state index contributed by atoms with van der Waals surface area (Å²) in [5, 5.41) is 5.28. The van der Waals surface area contributed by atoms with Gasteiger partial charge in [0.05, 0.1) is 29.6 Å². The molecule has 0 saturated carbocycles. The molecule has 3 aromatic rings. The molecule has 2 aliphatic heterocycles. The van der Waals surface area contributed by atoms with Crippen LogP contribution >= 0.6 is 11.6 Å². The van der Waals surface area contributed by atoms with Crippen molar-refractivity contribution in [2.24, 2.45) is 7.05 Å². The van der Waals surface area contributed by atoms with Crippen LogP contribution in [0.5, 0.6) is 11.5 Å². The van der Waals surface area contributed by atoms with E-state index in [0.717, 1.165) is 47.2 Å². The number of rotatable bonds is 8. The average Bonchev–Trinajstić information content (AvgIpc) is 3.65. The van der Waals surface area contributed by atoms with E-state index in [9.17, 15) is 0 Å². The summed E-state index contributed by atoms with van der Waals surface area (Å²) in [6.45, 7) is 2.71. The van der Waals surface area contributed by atoms with Crippen LogP contribution < -0.4 is 9.47 Å². The molecule has 0 bridgehead atoms. The fraction of sp³-hybridized carbons (Fsp3) is 0.318. The maximum absolute atomic E-state index is 6.53. The van der Waals surface area contributed by atoms with Crippen LogP contribution in [0.1, 0.15) is 0 Å². The zero-order valence-corrected chi connectivity index (χ0v) is 16.8. The van der Waals surface area contributed by atoms with Crippen molar-refractivity contribution in [1.82, 2.24) is 9.78 Å². The van der Waals surface area contributed by atoms with Crippen LogP contribution in [0.2, 0.25) is 5.02 Å². The minimum atomic E-state index is 0.215. The second-order valence-electron chi connectivity index (χ2n) is 7.24. The number of aromatic nitrogens is 2. The van der Waals surface area contributed by atoms with Crippen molar-refractivity contribution in [2.75, 3.05) is 26.4 Å². The lowest BCUT2D eigenvalue weighted by atomic mass is 10.1. The van der Waals surface area contributed by atoms with Gasteiger partial charge in [-0.3, -0.25) is 4.68 Å². The highest BCUT2D eigenvalue weighted by atomic mass is 35.5. The molecule has 2 aliphatic rings. The van der Waals surface area contributed by atoms with Gasteiger partial charge in [-0.1, -0.05) is 11.6 Å². The molecule has 2 fully saturated rings. The zero-order valence-electron chi connectivity index (χ0n) is 16.0. The monoisotopic (exact) mass is 412 g/mol. The second-order valence-corrected chi connectivity index (χ2v) is 7.64. The third-order valence-electron chi connectivity index (χ3n) is 4.92. The summed E-state index contributed by atoms with van der Waals surface area (Å²) in [7, 11) is 1.91. The van der Waals surface area contributed by atoms with Crippen molar-refractivity contribution in [3.63, 3.8) is 0 Å². The number of epoxide rings is 2. The quantitative estimate of drug-likeness (QED) is 0.524. The van der Waals surface area contributed by atoms with Crippen LogP contribution in [0.25, 0.3) is 22.5 Å². The van der Waals surface area contributed by atoms with Crippen molar-refractivity contribution in [3.05, 3.63) is 53.6 Å².